The van der Waals surface area contributed by atoms with Gasteiger partial charge in [0, 0.05) is 10.9 Å². The summed E-state index contributed by atoms with van der Waals surface area (Å²) in [5.74, 6) is 0.0361. The van der Waals surface area contributed by atoms with Gasteiger partial charge in [-0.15, -0.1) is 11.8 Å². The first kappa shape index (κ1) is 12.0. The molecule has 0 radical (unpaired) electrons. The summed E-state index contributed by atoms with van der Waals surface area (Å²) in [6.07, 6.45) is 1.14. The van der Waals surface area contributed by atoms with Crippen LogP contribution in [0.3, 0.4) is 0 Å². The summed E-state index contributed by atoms with van der Waals surface area (Å²) in [6.45, 7) is 1.86. The van der Waals surface area contributed by atoms with Gasteiger partial charge in [0.25, 0.3) is 0 Å². The second-order valence-corrected chi connectivity index (χ2v) is 5.43. The van der Waals surface area contributed by atoms with Crippen LogP contribution in [-0.4, -0.2) is 17.2 Å². The Labute approximate surface area is 105 Å². The van der Waals surface area contributed by atoms with E-state index in [-0.39, 0.29) is 17.2 Å². The van der Waals surface area contributed by atoms with Crippen molar-refractivity contribution in [3.8, 4) is 6.07 Å². The minimum absolute atomic E-state index is 0.0361. The third kappa shape index (κ3) is 2.80. The zero-order valence-corrected chi connectivity index (χ0v) is 10.5. The molecular formula is C13H14N2OS. The van der Waals surface area contributed by atoms with E-state index in [0.29, 0.717) is 6.42 Å². The van der Waals surface area contributed by atoms with Crippen molar-refractivity contribution in [3.05, 3.63) is 29.8 Å². The predicted molar refractivity (Wildman–Crippen MR) is 67.6 cm³/mol. The van der Waals surface area contributed by atoms with E-state index in [9.17, 15) is 4.79 Å². The summed E-state index contributed by atoms with van der Waals surface area (Å²) >= 11 is 1.61. The Kier molecular flexibility index (Phi) is 3.70. The molecule has 0 bridgehead atoms. The number of hydrogen-bond acceptors (Lipinski definition) is 3. The molecule has 0 spiro atoms. The molecule has 2 unspecified atom stereocenters. The van der Waals surface area contributed by atoms with Gasteiger partial charge >= 0.3 is 0 Å². The Hall–Kier alpha value is -1.47. The van der Waals surface area contributed by atoms with Crippen molar-refractivity contribution >= 4 is 17.7 Å². The van der Waals surface area contributed by atoms with Gasteiger partial charge in [-0.1, -0.05) is 18.2 Å². The molecule has 2 atom stereocenters. The highest BCUT2D eigenvalue weighted by atomic mass is 32.2. The van der Waals surface area contributed by atoms with Crippen molar-refractivity contribution in [2.75, 3.05) is 0 Å². The molecule has 2 rings (SSSR count). The molecule has 1 aromatic rings. The Morgan fingerprint density at radius 2 is 2.41 bits per heavy atom. The number of amides is 1. The molecule has 0 saturated carbocycles. The smallest absolute Gasteiger partial charge is 0.234 e. The fraction of sp³-hybridized carbons (Fsp3) is 0.385. The largest absolute Gasteiger partial charge is 0.352 e. The number of hydrogen-bond donors (Lipinski definition) is 1. The molecule has 1 N–H and O–H groups in total. The van der Waals surface area contributed by atoms with E-state index in [2.05, 4.69) is 17.5 Å². The van der Waals surface area contributed by atoms with E-state index >= 15 is 0 Å². The Morgan fingerprint density at radius 3 is 3.12 bits per heavy atom. The van der Waals surface area contributed by atoms with Gasteiger partial charge < -0.3 is 5.32 Å². The minimum Gasteiger partial charge on any atom is -0.352 e. The first-order valence-corrected chi connectivity index (χ1v) is 6.50. The first-order chi connectivity index (χ1) is 8.20. The summed E-state index contributed by atoms with van der Waals surface area (Å²) in [6, 6.07) is 10.1. The Balaban J connectivity index is 1.95. The van der Waals surface area contributed by atoms with Crippen molar-refractivity contribution in [1.29, 1.82) is 5.26 Å². The fourth-order valence-corrected chi connectivity index (χ4v) is 3.06. The summed E-state index contributed by atoms with van der Waals surface area (Å²) < 4.78 is 0. The van der Waals surface area contributed by atoms with Gasteiger partial charge in [0.05, 0.1) is 17.7 Å². The molecule has 1 aromatic carbocycles. The highest BCUT2D eigenvalue weighted by molar-refractivity contribution is 8.01. The second kappa shape index (κ2) is 5.24. The monoisotopic (exact) mass is 246 g/mol. The normalized spacial score (nSPS) is 19.2. The van der Waals surface area contributed by atoms with Crippen LogP contribution in [0.2, 0.25) is 0 Å². The molecule has 0 fully saturated rings. The molecule has 1 aliphatic rings. The van der Waals surface area contributed by atoms with Crippen LogP contribution in [0.4, 0.5) is 0 Å². The van der Waals surface area contributed by atoms with Gasteiger partial charge in [-0.3, -0.25) is 4.79 Å². The lowest BCUT2D eigenvalue weighted by molar-refractivity contribution is -0.121. The van der Waals surface area contributed by atoms with E-state index in [0.717, 1.165) is 6.42 Å². The lowest BCUT2D eigenvalue weighted by Crippen LogP contribution is -2.38. The Morgan fingerprint density at radius 1 is 1.65 bits per heavy atom. The van der Waals surface area contributed by atoms with E-state index in [1.807, 2.05) is 25.1 Å². The van der Waals surface area contributed by atoms with Crippen LogP contribution in [-0.2, 0) is 11.2 Å². The van der Waals surface area contributed by atoms with E-state index in [1.54, 1.807) is 11.8 Å². The average molecular weight is 246 g/mol. The number of nitrogens with one attached hydrogen (secondary N) is 1. The standard InChI is InChI=1S/C13H14N2OS/c1-9(6-7-14)15-13(16)12-8-10-4-2-3-5-11(10)17-12/h2-5,9,12H,6,8H2,1H3,(H,15,16). The van der Waals surface area contributed by atoms with Gasteiger partial charge in [-0.05, 0) is 25.0 Å². The van der Waals surface area contributed by atoms with Gasteiger partial charge in [-0.2, -0.15) is 5.26 Å². The predicted octanol–water partition coefficient (Wildman–Crippen LogP) is 2.12. The zero-order valence-electron chi connectivity index (χ0n) is 9.64. The molecular weight excluding hydrogens is 232 g/mol. The molecule has 88 valence electrons. The number of carbonyl (C=O) groups excluding carboxylic acids is 1. The van der Waals surface area contributed by atoms with Crippen molar-refractivity contribution in [3.63, 3.8) is 0 Å². The van der Waals surface area contributed by atoms with Gasteiger partial charge in [0.2, 0.25) is 5.91 Å². The number of benzene rings is 1. The maximum atomic E-state index is 12.0. The van der Waals surface area contributed by atoms with E-state index in [4.69, 9.17) is 5.26 Å². The number of carbonyl (C=O) groups is 1. The highest BCUT2D eigenvalue weighted by Crippen LogP contribution is 2.36. The lowest BCUT2D eigenvalue weighted by atomic mass is 10.1. The molecule has 1 heterocycles. The molecule has 0 aliphatic carbocycles. The minimum atomic E-state index is -0.0724. The van der Waals surface area contributed by atoms with Gasteiger partial charge in [0.1, 0.15) is 0 Å². The molecule has 1 aliphatic heterocycles. The Bertz CT molecular complexity index is 442. The fourth-order valence-electron chi connectivity index (χ4n) is 1.85. The van der Waals surface area contributed by atoms with Gasteiger partial charge in [0.15, 0.2) is 0 Å². The number of nitriles is 1. The summed E-state index contributed by atoms with van der Waals surface area (Å²) in [5.41, 5.74) is 1.24. The summed E-state index contributed by atoms with van der Waals surface area (Å²) in [4.78, 5) is 13.2. The summed E-state index contributed by atoms with van der Waals surface area (Å²) in [7, 11) is 0. The number of thioether (sulfide) groups is 1. The van der Waals surface area contributed by atoms with E-state index < -0.39 is 0 Å². The van der Waals surface area contributed by atoms with Crippen molar-refractivity contribution < 1.29 is 4.79 Å². The highest BCUT2D eigenvalue weighted by Gasteiger charge is 2.28. The summed E-state index contributed by atoms with van der Waals surface area (Å²) in [5, 5.41) is 11.4. The molecule has 1 amide bonds. The van der Waals surface area contributed by atoms with Crippen molar-refractivity contribution in [1.82, 2.24) is 5.32 Å². The number of rotatable bonds is 3. The van der Waals surface area contributed by atoms with Crippen LogP contribution in [0.5, 0.6) is 0 Å². The SMILES string of the molecule is CC(CC#N)NC(=O)C1Cc2ccccc2S1. The molecule has 4 heteroatoms. The topological polar surface area (TPSA) is 52.9 Å². The molecule has 0 saturated heterocycles. The molecule has 3 nitrogen and oxygen atoms in total. The van der Waals surface area contributed by atoms with Crippen molar-refractivity contribution in [2.45, 2.75) is 36.0 Å². The lowest BCUT2D eigenvalue weighted by Gasteiger charge is -2.13. The van der Waals surface area contributed by atoms with Crippen LogP contribution in [0.15, 0.2) is 29.2 Å². The number of nitrogens with zero attached hydrogens (tertiary/aromatic N) is 1. The molecule has 17 heavy (non-hydrogen) atoms. The maximum Gasteiger partial charge on any atom is 0.234 e. The van der Waals surface area contributed by atoms with Gasteiger partial charge in [-0.25, -0.2) is 0 Å². The van der Waals surface area contributed by atoms with Crippen LogP contribution >= 0.6 is 11.8 Å². The van der Waals surface area contributed by atoms with Crippen LogP contribution < -0.4 is 5.32 Å². The van der Waals surface area contributed by atoms with E-state index in [1.165, 1.54) is 10.5 Å². The average Bonchev–Trinajstić information content (AvgIpc) is 2.72. The van der Waals surface area contributed by atoms with Crippen molar-refractivity contribution in [2.24, 2.45) is 0 Å². The third-order valence-corrected chi connectivity index (χ3v) is 4.04. The van der Waals surface area contributed by atoms with Crippen LogP contribution in [0.1, 0.15) is 18.9 Å². The zero-order chi connectivity index (χ0) is 12.3. The van der Waals surface area contributed by atoms with Crippen LogP contribution in [0.25, 0.3) is 0 Å². The quantitative estimate of drug-likeness (QED) is 0.888. The van der Waals surface area contributed by atoms with Crippen LogP contribution in [0, 0.1) is 11.3 Å². The molecule has 0 aromatic heterocycles. The maximum absolute atomic E-state index is 12.0. The first-order valence-electron chi connectivity index (χ1n) is 5.62. The number of fused-ring (bicyclic) bond motifs is 1. The third-order valence-electron chi connectivity index (χ3n) is 2.73. The second-order valence-electron chi connectivity index (χ2n) is 4.19.